The lowest BCUT2D eigenvalue weighted by Crippen LogP contribution is -2.24. The molecule has 0 amide bonds. The third-order valence-electron chi connectivity index (χ3n) is 4.01. The van der Waals surface area contributed by atoms with E-state index < -0.39 is 5.97 Å². The van der Waals surface area contributed by atoms with Crippen LogP contribution in [0.4, 0.5) is 0 Å². The van der Waals surface area contributed by atoms with Gasteiger partial charge in [0, 0.05) is 5.56 Å². The van der Waals surface area contributed by atoms with Gasteiger partial charge < -0.3 is 19.5 Å². The third-order valence-corrected chi connectivity index (χ3v) is 4.77. The van der Waals surface area contributed by atoms with E-state index in [1.54, 1.807) is 50.6 Å². The van der Waals surface area contributed by atoms with Crippen molar-refractivity contribution in [3.05, 3.63) is 64.7 Å². The van der Waals surface area contributed by atoms with Gasteiger partial charge >= 0.3 is 5.97 Å². The summed E-state index contributed by atoms with van der Waals surface area (Å²) in [5.41, 5.74) is 1.69. The number of ether oxygens (including phenoxy) is 3. The van der Waals surface area contributed by atoms with Crippen LogP contribution in [0.15, 0.2) is 53.6 Å². The number of carbonyl (C=O) groups is 2. The predicted molar refractivity (Wildman–Crippen MR) is 111 cm³/mol. The Bertz CT molecular complexity index is 844. The van der Waals surface area contributed by atoms with Crippen LogP contribution in [-0.2, 0) is 9.53 Å². The summed E-state index contributed by atoms with van der Waals surface area (Å²) in [6.45, 7) is -0.0395. The number of thioether (sulfide) groups is 1. The second kappa shape index (κ2) is 10.4. The molecule has 0 saturated carbocycles. The van der Waals surface area contributed by atoms with Crippen LogP contribution in [0.25, 0.3) is 5.57 Å². The zero-order chi connectivity index (χ0) is 20.5. The predicted octanol–water partition coefficient (Wildman–Crippen LogP) is 3.38. The normalized spacial score (nSPS) is 11.3. The van der Waals surface area contributed by atoms with Crippen LogP contribution in [0.5, 0.6) is 11.5 Å². The number of rotatable bonds is 9. The van der Waals surface area contributed by atoms with Gasteiger partial charge in [0.15, 0.2) is 5.78 Å². The van der Waals surface area contributed by atoms with Crippen molar-refractivity contribution in [1.29, 1.82) is 0 Å². The van der Waals surface area contributed by atoms with Crippen LogP contribution in [0.2, 0.25) is 0 Å². The Labute approximate surface area is 168 Å². The molecule has 7 heteroatoms. The maximum atomic E-state index is 13.3. The van der Waals surface area contributed by atoms with E-state index in [9.17, 15) is 9.59 Å². The Morgan fingerprint density at radius 1 is 0.857 bits per heavy atom. The minimum Gasteiger partial charge on any atom is -0.497 e. The smallest absolute Gasteiger partial charge is 0.325 e. The summed E-state index contributed by atoms with van der Waals surface area (Å²) >= 11 is 1.35. The fourth-order valence-corrected chi connectivity index (χ4v) is 3.13. The minimum absolute atomic E-state index is 0.0395. The van der Waals surface area contributed by atoms with Gasteiger partial charge in [-0.2, -0.15) is 0 Å². The average molecular weight is 401 g/mol. The van der Waals surface area contributed by atoms with Crippen molar-refractivity contribution in [2.45, 2.75) is 0 Å². The van der Waals surface area contributed by atoms with Gasteiger partial charge in [-0.25, -0.2) is 0 Å². The molecule has 0 aliphatic heterocycles. The molecule has 28 heavy (non-hydrogen) atoms. The molecule has 6 nitrogen and oxygen atoms in total. The topological polar surface area (TPSA) is 73.9 Å². The van der Waals surface area contributed by atoms with E-state index in [4.69, 9.17) is 9.47 Å². The van der Waals surface area contributed by atoms with Gasteiger partial charge in [0.25, 0.3) is 0 Å². The number of ketones is 1. The second-order valence-corrected chi connectivity index (χ2v) is 6.44. The van der Waals surface area contributed by atoms with Crippen LogP contribution >= 0.6 is 11.8 Å². The Balaban J connectivity index is 2.50. The standard InChI is InChI=1S/C21H23NO5S/c1-25-16-9-5-14(6-10-16)19(21(28-4)22-13-18(23)27-3)20(24)15-7-11-17(26-2)12-8-15/h5-12,22H,13H2,1-4H3/b21-19-. The average Bonchev–Trinajstić information content (AvgIpc) is 2.76. The molecule has 148 valence electrons. The summed E-state index contributed by atoms with van der Waals surface area (Å²) in [5, 5.41) is 3.59. The molecule has 0 aliphatic carbocycles. The van der Waals surface area contributed by atoms with Crippen molar-refractivity contribution in [3.63, 3.8) is 0 Å². The van der Waals surface area contributed by atoms with Gasteiger partial charge in [-0.05, 0) is 48.2 Å². The number of methoxy groups -OCH3 is 3. The van der Waals surface area contributed by atoms with E-state index >= 15 is 0 Å². The van der Waals surface area contributed by atoms with Crippen LogP contribution in [0, 0.1) is 0 Å². The first-order valence-electron chi connectivity index (χ1n) is 8.46. The number of Topliss-reactive ketones (excluding diaryl/α,β-unsaturated/α-hetero) is 1. The first-order chi connectivity index (χ1) is 13.5. The Hall–Kier alpha value is -2.93. The summed E-state index contributed by atoms with van der Waals surface area (Å²) in [7, 11) is 4.47. The molecule has 0 heterocycles. The van der Waals surface area contributed by atoms with Crippen molar-refractivity contribution in [2.24, 2.45) is 0 Å². The lowest BCUT2D eigenvalue weighted by Gasteiger charge is -2.15. The van der Waals surface area contributed by atoms with Gasteiger partial charge in [-0.1, -0.05) is 12.1 Å². The van der Waals surface area contributed by atoms with Gasteiger partial charge in [-0.15, -0.1) is 11.8 Å². The van der Waals surface area contributed by atoms with Crippen molar-refractivity contribution in [2.75, 3.05) is 34.1 Å². The molecule has 2 aromatic carbocycles. The SMILES string of the molecule is COC(=O)CN/C(SC)=C(/C(=O)c1ccc(OC)cc1)c1ccc(OC)cc1. The highest BCUT2D eigenvalue weighted by atomic mass is 32.2. The highest BCUT2D eigenvalue weighted by Crippen LogP contribution is 2.29. The van der Waals surface area contributed by atoms with E-state index in [0.29, 0.717) is 33.2 Å². The van der Waals surface area contributed by atoms with E-state index in [-0.39, 0.29) is 12.3 Å². The maximum absolute atomic E-state index is 13.3. The van der Waals surface area contributed by atoms with Crippen molar-refractivity contribution in [1.82, 2.24) is 5.32 Å². The molecule has 2 aromatic rings. The lowest BCUT2D eigenvalue weighted by molar-refractivity contribution is -0.139. The fourth-order valence-electron chi connectivity index (χ4n) is 2.50. The van der Waals surface area contributed by atoms with E-state index in [2.05, 4.69) is 10.1 Å². The Morgan fingerprint density at radius 2 is 1.36 bits per heavy atom. The Kier molecular flexibility index (Phi) is 7.95. The quantitative estimate of drug-likeness (QED) is 0.392. The first-order valence-corrected chi connectivity index (χ1v) is 9.68. The molecular weight excluding hydrogens is 378 g/mol. The molecule has 1 N–H and O–H groups in total. The van der Waals surface area contributed by atoms with Crippen molar-refractivity contribution < 1.29 is 23.8 Å². The number of nitrogens with one attached hydrogen (secondary N) is 1. The summed E-state index contributed by atoms with van der Waals surface area (Å²) in [4.78, 5) is 24.9. The highest BCUT2D eigenvalue weighted by Gasteiger charge is 2.20. The van der Waals surface area contributed by atoms with E-state index in [0.717, 1.165) is 0 Å². The number of carbonyl (C=O) groups excluding carboxylic acids is 2. The minimum atomic E-state index is -0.419. The maximum Gasteiger partial charge on any atom is 0.325 e. The molecule has 0 fully saturated rings. The molecule has 2 rings (SSSR count). The molecule has 0 saturated heterocycles. The van der Waals surface area contributed by atoms with Gasteiger partial charge in [-0.3, -0.25) is 9.59 Å². The summed E-state index contributed by atoms with van der Waals surface area (Å²) in [6.07, 6.45) is 1.84. The monoisotopic (exact) mass is 401 g/mol. The van der Waals surface area contributed by atoms with Gasteiger partial charge in [0.2, 0.25) is 0 Å². The molecule has 0 aromatic heterocycles. The lowest BCUT2D eigenvalue weighted by atomic mass is 9.97. The third kappa shape index (κ3) is 5.29. The van der Waals surface area contributed by atoms with Crippen LogP contribution < -0.4 is 14.8 Å². The van der Waals surface area contributed by atoms with Gasteiger partial charge in [0.1, 0.15) is 18.0 Å². The Morgan fingerprint density at radius 3 is 1.79 bits per heavy atom. The largest absolute Gasteiger partial charge is 0.497 e. The number of esters is 1. The molecule has 0 aliphatic rings. The zero-order valence-corrected chi connectivity index (χ0v) is 17.1. The molecule has 0 atom stereocenters. The van der Waals surface area contributed by atoms with Crippen LogP contribution in [0.3, 0.4) is 0 Å². The van der Waals surface area contributed by atoms with Crippen molar-refractivity contribution in [3.8, 4) is 11.5 Å². The van der Waals surface area contributed by atoms with E-state index in [1.165, 1.54) is 18.9 Å². The number of hydrogen-bond acceptors (Lipinski definition) is 7. The summed E-state index contributed by atoms with van der Waals surface area (Å²) in [6, 6.07) is 14.1. The van der Waals surface area contributed by atoms with Gasteiger partial charge in [0.05, 0.1) is 31.9 Å². The number of hydrogen-bond donors (Lipinski definition) is 1. The molecular formula is C21H23NO5S. The second-order valence-electron chi connectivity index (χ2n) is 5.62. The van der Waals surface area contributed by atoms with Crippen LogP contribution in [0.1, 0.15) is 15.9 Å². The molecule has 0 radical (unpaired) electrons. The molecule has 0 spiro atoms. The van der Waals surface area contributed by atoms with Crippen molar-refractivity contribution >= 4 is 29.1 Å². The zero-order valence-electron chi connectivity index (χ0n) is 16.3. The highest BCUT2D eigenvalue weighted by molar-refractivity contribution is 8.02. The number of benzene rings is 2. The summed E-state index contributed by atoms with van der Waals surface area (Å²) < 4.78 is 15.0. The fraction of sp³-hybridized carbons (Fsp3) is 0.238. The molecule has 0 bridgehead atoms. The first kappa shape index (κ1) is 21.4. The molecule has 0 unspecified atom stereocenters. The summed E-state index contributed by atoms with van der Waals surface area (Å²) in [5.74, 6) is 0.765. The number of allylic oxidation sites excluding steroid dienone is 1. The van der Waals surface area contributed by atoms with E-state index in [1.807, 2.05) is 18.4 Å². The van der Waals surface area contributed by atoms with Crippen LogP contribution in [-0.4, -0.2) is 45.9 Å².